The normalized spacial score (nSPS) is 17.8. The molecular weight excluding hydrogens is 1040 g/mol. The minimum Gasteiger partial charge on any atom is -0.458 e. The van der Waals surface area contributed by atoms with Crippen LogP contribution in [0.5, 0.6) is 0 Å². The van der Waals surface area contributed by atoms with Gasteiger partial charge in [-0.05, 0) is 91.8 Å². The molecule has 2 aromatic carbocycles. The highest BCUT2D eigenvalue weighted by molar-refractivity contribution is 6.12. The fraction of sp³-hybridized carbons (Fsp3) is 0.436. The number of ketones is 1. The molecule has 2 aromatic heterocycles. The second-order valence-electron chi connectivity index (χ2n) is 19.9. The fourth-order valence-corrected chi connectivity index (χ4v) is 10.5. The Morgan fingerprint density at radius 2 is 1.54 bits per heavy atom. The molecule has 0 saturated carbocycles. The van der Waals surface area contributed by atoms with Gasteiger partial charge in [0.05, 0.1) is 48.6 Å². The molecule has 4 aliphatic rings. The number of aryl methyl sites for hydroxylation is 2. The molecule has 418 valence electrons. The van der Waals surface area contributed by atoms with E-state index in [1.165, 1.54) is 22.8 Å². The van der Waals surface area contributed by atoms with Gasteiger partial charge in [0.25, 0.3) is 17.4 Å². The van der Waals surface area contributed by atoms with E-state index in [2.05, 4.69) is 26.6 Å². The fourth-order valence-electron chi connectivity index (χ4n) is 10.5. The number of rotatable bonds is 23. The molecule has 7 amide bonds. The van der Waals surface area contributed by atoms with Gasteiger partial charge in [0, 0.05) is 54.5 Å². The molecule has 0 fully saturated rings. The van der Waals surface area contributed by atoms with Crippen LogP contribution in [0.15, 0.2) is 59.4 Å². The predicted octanol–water partition coefficient (Wildman–Crippen LogP) is 2.27. The van der Waals surface area contributed by atoms with E-state index in [9.17, 15) is 66.2 Å². The average molecular weight is 1100 g/mol. The number of cyclic esters (lactones) is 1. The number of aliphatic hydroxyl groups is 1. The maximum atomic E-state index is 14.7. The second kappa shape index (κ2) is 23.9. The molecule has 6 N–H and O–H groups in total. The van der Waals surface area contributed by atoms with Crippen LogP contribution in [-0.4, -0.2) is 124 Å². The second-order valence-corrected chi connectivity index (χ2v) is 19.9. The van der Waals surface area contributed by atoms with E-state index in [1.54, 1.807) is 37.3 Å². The summed E-state index contributed by atoms with van der Waals surface area (Å²) in [7, 11) is 0. The van der Waals surface area contributed by atoms with Crippen LogP contribution >= 0.6 is 0 Å². The molecule has 21 nitrogen and oxygen atoms in total. The lowest BCUT2D eigenvalue weighted by Gasteiger charge is -2.31. The van der Waals surface area contributed by atoms with Crippen molar-refractivity contribution in [3.63, 3.8) is 0 Å². The zero-order valence-corrected chi connectivity index (χ0v) is 43.6. The number of hydrogen-bond donors (Lipinski definition) is 6. The Labute approximate surface area is 450 Å². The minimum absolute atomic E-state index is 0.0492. The summed E-state index contributed by atoms with van der Waals surface area (Å²) in [6, 6.07) is 10.5. The zero-order chi connectivity index (χ0) is 56.9. The Morgan fingerprint density at radius 1 is 0.861 bits per heavy atom. The number of halogens is 3. The molecule has 5 heterocycles. The van der Waals surface area contributed by atoms with Crippen molar-refractivity contribution in [1.29, 1.82) is 0 Å². The number of nitrogens with one attached hydrogen (secondary N) is 5. The first-order chi connectivity index (χ1) is 37.6. The van der Waals surface area contributed by atoms with Crippen molar-refractivity contribution in [2.45, 2.75) is 122 Å². The van der Waals surface area contributed by atoms with Crippen LogP contribution in [0.1, 0.15) is 102 Å². The topological polar surface area (TPSA) is 291 Å². The Balaban J connectivity index is 0.856. The lowest BCUT2D eigenvalue weighted by Crippen LogP contribution is -2.52. The van der Waals surface area contributed by atoms with Crippen molar-refractivity contribution < 1.29 is 70.9 Å². The van der Waals surface area contributed by atoms with E-state index in [1.807, 2.05) is 19.9 Å². The molecule has 8 rings (SSSR count). The molecule has 4 aromatic rings. The standard InChI is InChI=1S/C55H59F3N8O13/c1-4-54(77)36-22-39-49-34(26-66(39)52(75)35(36)27-78-53(54)76)47-32(14-15-33-30(3)29(2)19-37(64-49)48(33)47)21-40(67)50(55(56,57)58)79-28-62-43(70)24-61-51(74)38(20-31-11-7-5-8-12-31)63-44(71)25-60-42(69)23-59-41(68)13-9-6-10-18-65-45(72)16-17-46(65)73/h5,7-8,11-12,16-17,19,22,32,38,50,77H,4,6,9-10,13-15,18,20-21,23-28H2,1-3H3,(H,59,68)(H,60,69)(H,61,74)(H,62,70)(H,63,71)/t32-,38+,50?,54+/m1/s1. The number of unbranched alkanes of at least 4 members (excludes halogenated alkanes) is 2. The largest absolute Gasteiger partial charge is 0.458 e. The molecular formula is C55H59F3N8O13. The molecule has 0 saturated heterocycles. The van der Waals surface area contributed by atoms with E-state index in [-0.39, 0.29) is 56.5 Å². The number of carbonyl (C=O) groups is 9. The third-order valence-electron chi connectivity index (χ3n) is 14.8. The lowest BCUT2D eigenvalue weighted by molar-refractivity contribution is -0.219. The molecule has 0 radical (unpaired) electrons. The summed E-state index contributed by atoms with van der Waals surface area (Å²) in [6.45, 7) is 2.28. The number of alkyl halides is 3. The van der Waals surface area contributed by atoms with Crippen molar-refractivity contribution in [3.8, 4) is 11.4 Å². The molecule has 3 aliphatic heterocycles. The van der Waals surface area contributed by atoms with Gasteiger partial charge in [-0.3, -0.25) is 48.1 Å². The van der Waals surface area contributed by atoms with Crippen LogP contribution in [-0.2, 0) is 84.2 Å². The molecule has 4 atom stereocenters. The van der Waals surface area contributed by atoms with Gasteiger partial charge in [-0.2, -0.15) is 13.2 Å². The van der Waals surface area contributed by atoms with Crippen LogP contribution in [0, 0.1) is 13.8 Å². The zero-order valence-electron chi connectivity index (χ0n) is 43.6. The van der Waals surface area contributed by atoms with E-state index in [0.29, 0.717) is 64.7 Å². The highest BCUT2D eigenvalue weighted by Gasteiger charge is 2.48. The van der Waals surface area contributed by atoms with E-state index >= 15 is 0 Å². The third-order valence-corrected chi connectivity index (χ3v) is 14.8. The first-order valence-electron chi connectivity index (χ1n) is 25.9. The minimum atomic E-state index is -5.22. The van der Waals surface area contributed by atoms with E-state index in [0.717, 1.165) is 21.6 Å². The number of ether oxygens (including phenoxy) is 2. The number of pyridine rings is 2. The Morgan fingerprint density at radius 3 is 2.25 bits per heavy atom. The first kappa shape index (κ1) is 57.1. The lowest BCUT2D eigenvalue weighted by atomic mass is 9.75. The highest BCUT2D eigenvalue weighted by atomic mass is 19.4. The number of benzene rings is 2. The van der Waals surface area contributed by atoms with Gasteiger partial charge >= 0.3 is 12.1 Å². The number of amides is 7. The number of aromatic nitrogens is 2. The number of esters is 1. The number of hydrogen-bond acceptors (Lipinski definition) is 14. The van der Waals surface area contributed by atoms with Crippen molar-refractivity contribution in [3.05, 3.63) is 109 Å². The summed E-state index contributed by atoms with van der Waals surface area (Å²) in [5.74, 6) is -7.63. The van der Waals surface area contributed by atoms with Gasteiger partial charge in [-0.15, -0.1) is 0 Å². The van der Waals surface area contributed by atoms with Crippen LogP contribution < -0.4 is 32.1 Å². The number of Topliss-reactive ketones (excluding diaryl/α,β-unsaturated/α-hetero) is 1. The van der Waals surface area contributed by atoms with Gasteiger partial charge < -0.3 is 45.7 Å². The summed E-state index contributed by atoms with van der Waals surface area (Å²) >= 11 is 0. The Kier molecular flexibility index (Phi) is 17.2. The highest BCUT2D eigenvalue weighted by Crippen LogP contribution is 2.48. The molecule has 1 unspecified atom stereocenters. The van der Waals surface area contributed by atoms with Crippen molar-refractivity contribution >= 4 is 64.0 Å². The van der Waals surface area contributed by atoms with Gasteiger partial charge in [0.2, 0.25) is 35.6 Å². The van der Waals surface area contributed by atoms with Crippen molar-refractivity contribution in [1.82, 2.24) is 41.0 Å². The predicted molar refractivity (Wildman–Crippen MR) is 274 cm³/mol. The summed E-state index contributed by atoms with van der Waals surface area (Å²) < 4.78 is 55.9. The van der Waals surface area contributed by atoms with Crippen LogP contribution in [0.4, 0.5) is 13.2 Å². The number of fused-ring (bicyclic) bond motifs is 5. The summed E-state index contributed by atoms with van der Waals surface area (Å²) in [4.78, 5) is 134. The van der Waals surface area contributed by atoms with Crippen LogP contribution in [0.3, 0.4) is 0 Å². The summed E-state index contributed by atoms with van der Waals surface area (Å²) in [6.07, 6.45) is -4.43. The molecule has 79 heavy (non-hydrogen) atoms. The van der Waals surface area contributed by atoms with Gasteiger partial charge in [-0.25, -0.2) is 9.78 Å². The van der Waals surface area contributed by atoms with E-state index in [4.69, 9.17) is 14.5 Å². The van der Waals surface area contributed by atoms with Gasteiger partial charge in [0.1, 0.15) is 19.4 Å². The first-order valence-corrected chi connectivity index (χ1v) is 25.9. The molecule has 1 aliphatic carbocycles. The van der Waals surface area contributed by atoms with Gasteiger partial charge in [0.15, 0.2) is 11.4 Å². The average Bonchev–Trinajstić information content (AvgIpc) is 4.22. The number of nitrogens with zero attached hydrogens (tertiary/aromatic N) is 3. The third kappa shape index (κ3) is 12.4. The molecule has 24 heteroatoms. The maximum absolute atomic E-state index is 14.7. The van der Waals surface area contributed by atoms with Crippen LogP contribution in [0.25, 0.3) is 22.3 Å². The molecule has 0 bridgehead atoms. The van der Waals surface area contributed by atoms with Crippen LogP contribution in [0.2, 0.25) is 0 Å². The molecule has 0 spiro atoms. The number of imide groups is 1. The smallest absolute Gasteiger partial charge is 0.421 e. The van der Waals surface area contributed by atoms with Gasteiger partial charge in [-0.1, -0.05) is 43.7 Å². The van der Waals surface area contributed by atoms with Crippen molar-refractivity contribution in [2.75, 3.05) is 32.9 Å². The maximum Gasteiger partial charge on any atom is 0.421 e. The van der Waals surface area contributed by atoms with E-state index < -0.39 is 121 Å². The van der Waals surface area contributed by atoms with Crippen molar-refractivity contribution in [2.24, 2.45) is 0 Å². The Hall–Kier alpha value is -8.12. The Bertz CT molecular complexity index is 3230. The number of carbonyl (C=O) groups excluding carboxylic acids is 9. The quantitative estimate of drug-likeness (QED) is 0.0237. The summed E-state index contributed by atoms with van der Waals surface area (Å²) in [5.41, 5.74) is 3.11. The SMILES string of the molecule is CC[C@@]1(O)C(=O)OCc2c1cc1n(c2=O)Cc2c-1nc1cc(C)c(C)c3c1c2[C@@H](CC(=O)C(OCNC(=O)CNC(=O)[C@H](Cc1ccccc1)NC(=O)CNC(=O)CNC(=O)CCCCCN1C(=O)C=CC1=O)C(F)(F)F)CC3. The summed E-state index contributed by atoms with van der Waals surface area (Å²) in [5, 5.41) is 23.8. The monoisotopic (exact) mass is 1100 g/mol.